The number of aryl methyl sites for hydroxylation is 1. The van der Waals surface area contributed by atoms with Crippen LogP contribution in [0.5, 0.6) is 0 Å². The Morgan fingerprint density at radius 3 is 2.18 bits per heavy atom. The molecule has 0 unspecified atom stereocenters. The van der Waals surface area contributed by atoms with Gasteiger partial charge in [-0.2, -0.15) is 0 Å². The first-order chi connectivity index (χ1) is 8.34. The van der Waals surface area contributed by atoms with Crippen LogP contribution in [0.1, 0.15) is 5.56 Å². The molecule has 17 heavy (non-hydrogen) atoms. The summed E-state index contributed by atoms with van der Waals surface area (Å²) >= 11 is 0. The highest BCUT2D eigenvalue weighted by Crippen LogP contribution is 2.28. The molecule has 0 aliphatic rings. The summed E-state index contributed by atoms with van der Waals surface area (Å²) in [6.07, 6.45) is 0. The molecule has 0 saturated carbocycles. The molecule has 0 radical (unpaired) electrons. The summed E-state index contributed by atoms with van der Waals surface area (Å²) in [6.45, 7) is 2.12. The highest BCUT2D eigenvalue weighted by Gasteiger charge is 2.02. The van der Waals surface area contributed by atoms with Gasteiger partial charge < -0.3 is 0 Å². The zero-order chi connectivity index (χ0) is 11.7. The molecule has 0 spiro atoms. The summed E-state index contributed by atoms with van der Waals surface area (Å²) in [7, 11) is 0. The molecule has 3 rings (SSSR count). The maximum Gasteiger partial charge on any atom is -0.0105 e. The average molecular weight is 218 g/mol. The van der Waals surface area contributed by atoms with Crippen LogP contribution in [0.15, 0.2) is 66.7 Å². The highest BCUT2D eigenvalue weighted by atomic mass is 14.1. The average Bonchev–Trinajstić information content (AvgIpc) is 2.39. The van der Waals surface area contributed by atoms with Crippen molar-refractivity contribution in [3.05, 3.63) is 72.3 Å². The van der Waals surface area contributed by atoms with Crippen LogP contribution in [0, 0.1) is 6.92 Å². The molecule has 0 heteroatoms. The van der Waals surface area contributed by atoms with Crippen molar-refractivity contribution >= 4 is 10.8 Å². The Morgan fingerprint density at radius 1 is 0.647 bits per heavy atom. The predicted molar refractivity (Wildman–Crippen MR) is 74.1 cm³/mol. The lowest BCUT2D eigenvalue weighted by molar-refractivity contribution is 1.47. The van der Waals surface area contributed by atoms with Crippen LogP contribution in [-0.4, -0.2) is 0 Å². The minimum atomic E-state index is 1.28. The molecule has 0 N–H and O–H groups in total. The smallest absolute Gasteiger partial charge is 0.0105 e. The van der Waals surface area contributed by atoms with Crippen molar-refractivity contribution in [2.45, 2.75) is 6.92 Å². The number of hydrogen-bond acceptors (Lipinski definition) is 0. The Morgan fingerprint density at radius 2 is 1.35 bits per heavy atom. The van der Waals surface area contributed by atoms with E-state index in [1.54, 1.807) is 0 Å². The molecular weight excluding hydrogens is 204 g/mol. The van der Waals surface area contributed by atoms with Crippen LogP contribution < -0.4 is 0 Å². The van der Waals surface area contributed by atoms with Gasteiger partial charge in [-0.15, -0.1) is 0 Å². The molecule has 0 aliphatic heterocycles. The highest BCUT2D eigenvalue weighted by molar-refractivity contribution is 5.96. The van der Waals surface area contributed by atoms with Gasteiger partial charge >= 0.3 is 0 Å². The molecule has 3 aromatic carbocycles. The molecule has 0 saturated heterocycles. The van der Waals surface area contributed by atoms with E-state index < -0.39 is 0 Å². The third kappa shape index (κ3) is 1.83. The third-order valence-corrected chi connectivity index (χ3v) is 3.15. The molecule has 0 aromatic heterocycles. The zero-order valence-electron chi connectivity index (χ0n) is 9.85. The van der Waals surface area contributed by atoms with Gasteiger partial charge in [-0.3, -0.25) is 0 Å². The molecule has 0 aliphatic carbocycles. The number of benzene rings is 3. The first-order valence-electron chi connectivity index (χ1n) is 5.89. The van der Waals surface area contributed by atoms with Gasteiger partial charge in [0.15, 0.2) is 0 Å². The summed E-state index contributed by atoms with van der Waals surface area (Å²) < 4.78 is 0. The molecular formula is C17H14. The lowest BCUT2D eigenvalue weighted by atomic mass is 9.98. The molecule has 0 amide bonds. The Labute approximate surface area is 102 Å². The standard InChI is InChI=1S/C17H14/c1-13-9-11-15(12-10-13)17-8-4-6-14-5-2-3-7-16(14)17/h2-12H,1H3. The van der Waals surface area contributed by atoms with E-state index in [0.717, 1.165) is 0 Å². The van der Waals surface area contributed by atoms with E-state index in [9.17, 15) is 0 Å². The molecule has 3 aromatic rings. The van der Waals surface area contributed by atoms with Crippen LogP contribution in [0.25, 0.3) is 21.9 Å². The van der Waals surface area contributed by atoms with Gasteiger partial charge in [0.1, 0.15) is 0 Å². The molecule has 0 nitrogen and oxygen atoms in total. The van der Waals surface area contributed by atoms with Crippen molar-refractivity contribution in [2.75, 3.05) is 0 Å². The summed E-state index contributed by atoms with van der Waals surface area (Å²) in [4.78, 5) is 0. The van der Waals surface area contributed by atoms with E-state index >= 15 is 0 Å². The van der Waals surface area contributed by atoms with Gasteiger partial charge in [-0.05, 0) is 28.8 Å². The number of rotatable bonds is 1. The van der Waals surface area contributed by atoms with Gasteiger partial charge in [0.05, 0.1) is 0 Å². The topological polar surface area (TPSA) is 0 Å². The van der Waals surface area contributed by atoms with Crippen LogP contribution in [0.4, 0.5) is 0 Å². The van der Waals surface area contributed by atoms with Crippen molar-refractivity contribution < 1.29 is 0 Å². The second kappa shape index (κ2) is 4.06. The van der Waals surface area contributed by atoms with E-state index in [4.69, 9.17) is 0 Å². The largest absolute Gasteiger partial charge is 0.0616 e. The minimum Gasteiger partial charge on any atom is -0.0616 e. The fourth-order valence-electron chi connectivity index (χ4n) is 2.21. The SMILES string of the molecule is Cc1ccc(-c2cccc3ccccc23)cc1. The second-order valence-corrected chi connectivity index (χ2v) is 4.39. The maximum absolute atomic E-state index is 2.19. The zero-order valence-corrected chi connectivity index (χ0v) is 9.85. The first-order valence-corrected chi connectivity index (χ1v) is 5.89. The van der Waals surface area contributed by atoms with E-state index in [0.29, 0.717) is 0 Å². The van der Waals surface area contributed by atoms with E-state index in [1.165, 1.54) is 27.5 Å². The third-order valence-electron chi connectivity index (χ3n) is 3.15. The molecule has 82 valence electrons. The monoisotopic (exact) mass is 218 g/mol. The van der Waals surface area contributed by atoms with Crippen LogP contribution in [-0.2, 0) is 0 Å². The van der Waals surface area contributed by atoms with Crippen LogP contribution in [0.3, 0.4) is 0 Å². The first kappa shape index (κ1) is 10.1. The Hall–Kier alpha value is -2.08. The summed E-state index contributed by atoms with van der Waals surface area (Å²) in [5.74, 6) is 0. The van der Waals surface area contributed by atoms with Crippen molar-refractivity contribution in [1.29, 1.82) is 0 Å². The molecule has 0 heterocycles. The van der Waals surface area contributed by atoms with Gasteiger partial charge in [0.2, 0.25) is 0 Å². The lowest BCUT2D eigenvalue weighted by Crippen LogP contribution is -1.81. The van der Waals surface area contributed by atoms with Crippen LogP contribution in [0.2, 0.25) is 0 Å². The predicted octanol–water partition coefficient (Wildman–Crippen LogP) is 4.82. The fraction of sp³-hybridized carbons (Fsp3) is 0.0588. The Kier molecular flexibility index (Phi) is 2.41. The van der Waals surface area contributed by atoms with Gasteiger partial charge in [-0.25, -0.2) is 0 Å². The normalized spacial score (nSPS) is 10.6. The van der Waals surface area contributed by atoms with E-state index in [1.807, 2.05) is 0 Å². The van der Waals surface area contributed by atoms with Crippen molar-refractivity contribution in [1.82, 2.24) is 0 Å². The van der Waals surface area contributed by atoms with E-state index in [2.05, 4.69) is 73.7 Å². The van der Waals surface area contributed by atoms with Gasteiger partial charge in [0, 0.05) is 0 Å². The molecule has 0 atom stereocenters. The minimum absolute atomic E-state index is 1.28. The molecule has 0 bridgehead atoms. The van der Waals surface area contributed by atoms with Crippen molar-refractivity contribution in [3.63, 3.8) is 0 Å². The summed E-state index contributed by atoms with van der Waals surface area (Å²) in [6, 6.07) is 23.7. The second-order valence-electron chi connectivity index (χ2n) is 4.39. The Balaban J connectivity index is 2.27. The quantitative estimate of drug-likeness (QED) is 0.549. The van der Waals surface area contributed by atoms with Crippen molar-refractivity contribution in [2.24, 2.45) is 0 Å². The fourth-order valence-corrected chi connectivity index (χ4v) is 2.21. The van der Waals surface area contributed by atoms with Gasteiger partial charge in [0.25, 0.3) is 0 Å². The number of hydrogen-bond donors (Lipinski definition) is 0. The maximum atomic E-state index is 2.19. The summed E-state index contributed by atoms with van der Waals surface area (Å²) in [5.41, 5.74) is 3.89. The lowest BCUT2D eigenvalue weighted by Gasteiger charge is -2.07. The Bertz CT molecular complexity index is 643. The van der Waals surface area contributed by atoms with Gasteiger partial charge in [-0.1, -0.05) is 72.3 Å². The van der Waals surface area contributed by atoms with E-state index in [-0.39, 0.29) is 0 Å². The summed E-state index contributed by atoms with van der Waals surface area (Å²) in [5, 5.41) is 2.62. The molecule has 0 fully saturated rings. The van der Waals surface area contributed by atoms with Crippen molar-refractivity contribution in [3.8, 4) is 11.1 Å². The number of fused-ring (bicyclic) bond motifs is 1. The van der Waals surface area contributed by atoms with Crippen LogP contribution >= 0.6 is 0 Å².